The molecule has 0 saturated carbocycles. The molecule has 1 atom stereocenters. The quantitative estimate of drug-likeness (QED) is 0.171. The molecule has 8 heteroatoms. The molecule has 0 aliphatic rings. The summed E-state index contributed by atoms with van der Waals surface area (Å²) in [4.78, 5) is 21.3. The highest BCUT2D eigenvalue weighted by atomic mass is 127. The number of rotatable bonds is 8. The molecule has 3 N–H and O–H groups in total. The molecule has 0 saturated heterocycles. The number of hydrogen-bond acceptors (Lipinski definition) is 4. The van der Waals surface area contributed by atoms with Crippen molar-refractivity contribution < 1.29 is 4.79 Å². The van der Waals surface area contributed by atoms with Gasteiger partial charge < -0.3 is 16.0 Å². The van der Waals surface area contributed by atoms with Crippen LogP contribution in [0.15, 0.2) is 64.7 Å². The summed E-state index contributed by atoms with van der Waals surface area (Å²) in [6.45, 7) is 4.06. The van der Waals surface area contributed by atoms with Crippen LogP contribution in [0, 0.1) is 0 Å². The Labute approximate surface area is 182 Å². The lowest BCUT2D eigenvalue weighted by atomic mass is 10.3. The van der Waals surface area contributed by atoms with E-state index in [4.69, 9.17) is 0 Å². The number of benzene rings is 1. The number of aliphatic imine (C=N–C) groups is 1. The summed E-state index contributed by atoms with van der Waals surface area (Å²) in [5.74, 6) is 0.594. The van der Waals surface area contributed by atoms with Gasteiger partial charge in [0.05, 0.1) is 5.56 Å². The number of aromatic nitrogens is 1. The van der Waals surface area contributed by atoms with Crippen molar-refractivity contribution in [3.05, 3.63) is 60.4 Å². The van der Waals surface area contributed by atoms with Crippen LogP contribution >= 0.6 is 35.7 Å². The molecule has 1 amide bonds. The van der Waals surface area contributed by atoms with E-state index in [2.05, 4.69) is 45.0 Å². The van der Waals surface area contributed by atoms with Crippen LogP contribution in [0.2, 0.25) is 0 Å². The van der Waals surface area contributed by atoms with Crippen LogP contribution in [-0.4, -0.2) is 48.8 Å². The largest absolute Gasteiger partial charge is 0.355 e. The number of carbonyl (C=O) groups is 1. The Morgan fingerprint density at radius 3 is 2.52 bits per heavy atom. The molecule has 2 rings (SSSR count). The number of carbonyl (C=O) groups excluding carboxylic acids is 1. The lowest BCUT2D eigenvalue weighted by Crippen LogP contribution is -2.43. The number of pyridine rings is 1. The maximum atomic E-state index is 11.9. The molecule has 0 aliphatic carbocycles. The fourth-order valence-corrected chi connectivity index (χ4v) is 3.14. The second-order valence-electron chi connectivity index (χ2n) is 5.62. The van der Waals surface area contributed by atoms with Crippen LogP contribution < -0.4 is 16.0 Å². The van der Waals surface area contributed by atoms with Crippen molar-refractivity contribution in [1.29, 1.82) is 0 Å². The second kappa shape index (κ2) is 13.4. The molecule has 1 unspecified atom stereocenters. The Balaban J connectivity index is 0.00000364. The Hall–Kier alpha value is -1.81. The van der Waals surface area contributed by atoms with E-state index in [0.29, 0.717) is 23.9 Å². The zero-order valence-corrected chi connectivity index (χ0v) is 18.7. The molecule has 27 heavy (non-hydrogen) atoms. The maximum Gasteiger partial charge on any atom is 0.252 e. The predicted octanol–water partition coefficient (Wildman–Crippen LogP) is 2.78. The monoisotopic (exact) mass is 499 g/mol. The topological polar surface area (TPSA) is 78.4 Å². The lowest BCUT2D eigenvalue weighted by molar-refractivity contribution is 0.0954. The fraction of sp³-hybridized carbons (Fsp3) is 0.316. The summed E-state index contributed by atoms with van der Waals surface area (Å²) in [6, 6.07) is 13.8. The first-order valence-electron chi connectivity index (χ1n) is 8.53. The molecule has 2 aromatic rings. The van der Waals surface area contributed by atoms with Gasteiger partial charge in [0.2, 0.25) is 0 Å². The fourth-order valence-electron chi connectivity index (χ4n) is 2.19. The third-order valence-corrected chi connectivity index (χ3v) is 4.60. The molecule has 146 valence electrons. The Bertz CT molecular complexity index is 700. The second-order valence-corrected chi connectivity index (χ2v) is 7.13. The molecule has 0 bridgehead atoms. The highest BCUT2D eigenvalue weighted by molar-refractivity contribution is 14.0. The average molecular weight is 499 g/mol. The van der Waals surface area contributed by atoms with Crippen molar-refractivity contribution in [2.24, 2.45) is 4.99 Å². The van der Waals surface area contributed by atoms with Crippen LogP contribution in [0.1, 0.15) is 17.3 Å². The van der Waals surface area contributed by atoms with Gasteiger partial charge in [-0.25, -0.2) is 0 Å². The number of hydrogen-bond donors (Lipinski definition) is 3. The van der Waals surface area contributed by atoms with Gasteiger partial charge in [-0.05, 0) is 24.3 Å². The van der Waals surface area contributed by atoms with Gasteiger partial charge in [-0.2, -0.15) is 0 Å². The highest BCUT2D eigenvalue weighted by Gasteiger charge is 2.06. The summed E-state index contributed by atoms with van der Waals surface area (Å²) < 4.78 is 0. The summed E-state index contributed by atoms with van der Waals surface area (Å²) in [7, 11) is 1.73. The number of halogens is 1. The predicted molar refractivity (Wildman–Crippen MR) is 123 cm³/mol. The van der Waals surface area contributed by atoms with E-state index in [-0.39, 0.29) is 29.9 Å². The molecule has 6 nitrogen and oxygen atoms in total. The minimum absolute atomic E-state index is 0. The van der Waals surface area contributed by atoms with Gasteiger partial charge in [-0.3, -0.25) is 14.8 Å². The van der Waals surface area contributed by atoms with Gasteiger partial charge >= 0.3 is 0 Å². The van der Waals surface area contributed by atoms with Crippen LogP contribution in [0.3, 0.4) is 0 Å². The average Bonchev–Trinajstić information content (AvgIpc) is 2.68. The molecule has 0 aliphatic heterocycles. The van der Waals surface area contributed by atoms with Crippen molar-refractivity contribution in [3.8, 4) is 0 Å². The van der Waals surface area contributed by atoms with Gasteiger partial charge in [-0.1, -0.05) is 25.1 Å². The molecule has 1 aromatic heterocycles. The van der Waals surface area contributed by atoms with Crippen molar-refractivity contribution in [2.45, 2.75) is 17.1 Å². The van der Waals surface area contributed by atoms with Crippen LogP contribution in [0.25, 0.3) is 0 Å². The van der Waals surface area contributed by atoms with Crippen LogP contribution in [0.5, 0.6) is 0 Å². The standard InChI is InChI=1S/C19H25N5OS.HI/c1-15(26-17-8-4-3-5-9-17)13-24-19(20-2)23-12-11-22-18(25)16-7-6-10-21-14-16;/h3-10,14-15H,11-13H2,1-2H3,(H,22,25)(H2,20,23,24);1H. The van der Waals surface area contributed by atoms with Crippen LogP contribution in [0.4, 0.5) is 0 Å². The van der Waals surface area contributed by atoms with Gasteiger partial charge in [0.15, 0.2) is 5.96 Å². The van der Waals surface area contributed by atoms with Gasteiger partial charge in [0.25, 0.3) is 5.91 Å². The summed E-state index contributed by atoms with van der Waals surface area (Å²) in [5.41, 5.74) is 0.557. The molecular formula is C19H26IN5OS. The summed E-state index contributed by atoms with van der Waals surface area (Å²) >= 11 is 1.82. The lowest BCUT2D eigenvalue weighted by Gasteiger charge is -2.16. The van der Waals surface area contributed by atoms with E-state index in [0.717, 1.165) is 12.5 Å². The van der Waals surface area contributed by atoms with Crippen molar-refractivity contribution in [2.75, 3.05) is 26.7 Å². The van der Waals surface area contributed by atoms with E-state index < -0.39 is 0 Å². The highest BCUT2D eigenvalue weighted by Crippen LogP contribution is 2.21. The van der Waals surface area contributed by atoms with E-state index in [9.17, 15) is 4.79 Å². The third-order valence-electron chi connectivity index (χ3n) is 3.49. The van der Waals surface area contributed by atoms with Crippen molar-refractivity contribution in [1.82, 2.24) is 20.9 Å². The Morgan fingerprint density at radius 2 is 1.85 bits per heavy atom. The number of nitrogens with zero attached hydrogens (tertiary/aromatic N) is 2. The zero-order chi connectivity index (χ0) is 18.6. The first-order chi connectivity index (χ1) is 12.7. The first kappa shape index (κ1) is 23.2. The minimum atomic E-state index is -0.129. The SMILES string of the molecule is CN=C(NCCNC(=O)c1cccnc1)NCC(C)Sc1ccccc1.I. The number of nitrogens with one attached hydrogen (secondary N) is 3. The minimum Gasteiger partial charge on any atom is -0.355 e. The van der Waals surface area contributed by atoms with Gasteiger partial charge in [-0.15, -0.1) is 35.7 Å². The third kappa shape index (κ3) is 9.09. The zero-order valence-electron chi connectivity index (χ0n) is 15.5. The Morgan fingerprint density at radius 1 is 1.11 bits per heavy atom. The van der Waals surface area contributed by atoms with E-state index in [1.54, 1.807) is 31.6 Å². The van der Waals surface area contributed by atoms with Gasteiger partial charge in [0.1, 0.15) is 0 Å². The molecule has 1 heterocycles. The summed E-state index contributed by atoms with van der Waals surface area (Å²) in [5, 5.41) is 9.75. The molecule has 1 aromatic carbocycles. The number of thioether (sulfide) groups is 1. The molecule has 0 spiro atoms. The number of amides is 1. The van der Waals surface area contributed by atoms with Crippen LogP contribution in [-0.2, 0) is 0 Å². The Kier molecular flexibility index (Phi) is 11.5. The smallest absolute Gasteiger partial charge is 0.252 e. The molecular weight excluding hydrogens is 473 g/mol. The van der Waals surface area contributed by atoms with Gasteiger partial charge in [0, 0.05) is 49.2 Å². The summed E-state index contributed by atoms with van der Waals surface area (Å²) in [6.07, 6.45) is 3.19. The van der Waals surface area contributed by atoms with Crippen molar-refractivity contribution in [3.63, 3.8) is 0 Å². The molecule has 0 fully saturated rings. The van der Waals surface area contributed by atoms with E-state index in [1.807, 2.05) is 30.0 Å². The van der Waals surface area contributed by atoms with E-state index in [1.165, 1.54) is 4.90 Å². The molecule has 0 radical (unpaired) electrons. The van der Waals surface area contributed by atoms with E-state index >= 15 is 0 Å². The van der Waals surface area contributed by atoms with Crippen molar-refractivity contribution >= 4 is 47.6 Å². The first-order valence-corrected chi connectivity index (χ1v) is 9.41. The maximum absolute atomic E-state index is 11.9. The normalized spacial score (nSPS) is 11.9. The number of guanidine groups is 1.